The van der Waals surface area contributed by atoms with E-state index in [1.807, 2.05) is 0 Å². The molecule has 0 spiro atoms. The highest BCUT2D eigenvalue weighted by atomic mass is 79.9. The third-order valence-electron chi connectivity index (χ3n) is 2.57. The zero-order chi connectivity index (χ0) is 15.6. The number of nitrogens with two attached hydrogens (primary N) is 1. The van der Waals surface area contributed by atoms with E-state index in [2.05, 4.69) is 20.9 Å². The molecule has 0 saturated carbocycles. The number of pyridine rings is 1. The molecule has 0 aliphatic heterocycles. The van der Waals surface area contributed by atoms with Crippen LogP contribution in [0.25, 0.3) is 0 Å². The minimum atomic E-state index is -4.57. The highest BCUT2D eigenvalue weighted by Gasteiger charge is 2.35. The first-order chi connectivity index (χ1) is 9.81. The zero-order valence-electron chi connectivity index (χ0n) is 10.4. The zero-order valence-corrected chi connectivity index (χ0v) is 12.8. The Morgan fingerprint density at radius 1 is 1.29 bits per heavy atom. The first-order valence-electron chi connectivity index (χ1n) is 5.70. The number of rotatable bonds is 3. The van der Waals surface area contributed by atoms with Crippen LogP contribution < -0.4 is 10.5 Å². The highest BCUT2D eigenvalue weighted by Crippen LogP contribution is 2.39. The summed E-state index contributed by atoms with van der Waals surface area (Å²) in [7, 11) is 0. The van der Waals surface area contributed by atoms with Crippen molar-refractivity contribution < 1.29 is 17.9 Å². The first-order valence-corrected chi connectivity index (χ1v) is 6.87. The number of hydrogen-bond acceptors (Lipinski definition) is 3. The number of hydrogen-bond donors (Lipinski definition) is 1. The van der Waals surface area contributed by atoms with Crippen LogP contribution in [0.4, 0.5) is 13.2 Å². The van der Waals surface area contributed by atoms with E-state index in [-0.39, 0.29) is 23.2 Å². The quantitative estimate of drug-likeness (QED) is 0.833. The van der Waals surface area contributed by atoms with Crippen LogP contribution in [0.5, 0.6) is 11.6 Å². The summed E-state index contributed by atoms with van der Waals surface area (Å²) < 4.78 is 44.9. The first kappa shape index (κ1) is 16.1. The molecule has 2 aromatic rings. The smallest absolute Gasteiger partial charge is 0.419 e. The van der Waals surface area contributed by atoms with Crippen LogP contribution in [-0.2, 0) is 12.7 Å². The van der Waals surface area contributed by atoms with E-state index in [9.17, 15) is 13.2 Å². The van der Waals surface area contributed by atoms with Crippen molar-refractivity contribution in [1.29, 1.82) is 0 Å². The molecule has 0 unspecified atom stereocenters. The van der Waals surface area contributed by atoms with Crippen molar-refractivity contribution in [2.45, 2.75) is 12.7 Å². The topological polar surface area (TPSA) is 48.1 Å². The monoisotopic (exact) mass is 380 g/mol. The minimum Gasteiger partial charge on any atom is -0.437 e. The Morgan fingerprint density at radius 2 is 2.00 bits per heavy atom. The second-order valence-corrected chi connectivity index (χ2v) is 5.40. The van der Waals surface area contributed by atoms with Crippen LogP contribution in [-0.4, -0.2) is 4.98 Å². The maximum atomic E-state index is 13.1. The molecule has 0 radical (unpaired) electrons. The lowest BCUT2D eigenvalue weighted by molar-refractivity contribution is -0.138. The molecule has 0 bridgehead atoms. The predicted molar refractivity (Wildman–Crippen MR) is 76.4 cm³/mol. The summed E-state index contributed by atoms with van der Waals surface area (Å²) in [4.78, 5) is 3.85. The number of benzene rings is 1. The van der Waals surface area contributed by atoms with Crippen LogP contribution in [0, 0.1) is 0 Å². The summed E-state index contributed by atoms with van der Waals surface area (Å²) in [5.41, 5.74) is 4.79. The van der Waals surface area contributed by atoms with Crippen LogP contribution in [0.1, 0.15) is 11.1 Å². The van der Waals surface area contributed by atoms with E-state index < -0.39 is 11.7 Å². The van der Waals surface area contributed by atoms with Gasteiger partial charge in [0.15, 0.2) is 0 Å². The van der Waals surface area contributed by atoms with Gasteiger partial charge < -0.3 is 10.5 Å². The van der Waals surface area contributed by atoms with Crippen LogP contribution in [0.15, 0.2) is 34.9 Å². The van der Waals surface area contributed by atoms with Crippen LogP contribution >= 0.6 is 27.5 Å². The Kier molecular flexibility index (Phi) is 4.75. The Morgan fingerprint density at radius 3 is 2.57 bits per heavy atom. The number of alkyl halides is 3. The van der Waals surface area contributed by atoms with Crippen molar-refractivity contribution in [2.24, 2.45) is 5.73 Å². The van der Waals surface area contributed by atoms with E-state index in [1.54, 1.807) is 0 Å². The Balaban J connectivity index is 2.44. The number of nitrogens with zero attached hydrogens (tertiary/aromatic N) is 1. The molecule has 112 valence electrons. The lowest BCUT2D eigenvalue weighted by atomic mass is 10.1. The van der Waals surface area contributed by atoms with Gasteiger partial charge in [-0.15, -0.1) is 0 Å². The second kappa shape index (κ2) is 6.21. The molecule has 21 heavy (non-hydrogen) atoms. The van der Waals surface area contributed by atoms with Gasteiger partial charge in [0.25, 0.3) is 0 Å². The lowest BCUT2D eigenvalue weighted by Crippen LogP contribution is -2.09. The fourth-order valence-corrected chi connectivity index (χ4v) is 2.26. The Bertz CT molecular complexity index is 664. The van der Waals surface area contributed by atoms with E-state index in [4.69, 9.17) is 22.1 Å². The molecule has 3 nitrogen and oxygen atoms in total. The molecule has 0 saturated heterocycles. The number of aromatic nitrogens is 1. The SMILES string of the molecule is NCc1ccc(Oc2ncc(Br)cc2Cl)c(C(F)(F)F)c1. The largest absolute Gasteiger partial charge is 0.437 e. The average Bonchev–Trinajstić information content (AvgIpc) is 2.41. The van der Waals surface area contributed by atoms with E-state index in [1.165, 1.54) is 24.4 Å². The summed E-state index contributed by atoms with van der Waals surface area (Å²) >= 11 is 9.04. The van der Waals surface area contributed by atoms with Crippen LogP contribution in [0.2, 0.25) is 5.02 Å². The molecule has 8 heteroatoms. The van der Waals surface area contributed by atoms with Gasteiger partial charge in [-0.05, 0) is 39.7 Å². The van der Waals surface area contributed by atoms with Gasteiger partial charge in [-0.1, -0.05) is 17.7 Å². The van der Waals surface area contributed by atoms with Gasteiger partial charge in [0.05, 0.1) is 5.56 Å². The summed E-state index contributed by atoms with van der Waals surface area (Å²) in [5.74, 6) is -0.484. The maximum Gasteiger partial charge on any atom is 0.419 e. The third kappa shape index (κ3) is 3.87. The molecule has 1 heterocycles. The molecular formula is C13H9BrClF3N2O. The molecule has 0 atom stereocenters. The second-order valence-electron chi connectivity index (χ2n) is 4.07. The summed E-state index contributed by atoms with van der Waals surface area (Å²) in [6.45, 7) is 0.000645. The summed E-state index contributed by atoms with van der Waals surface area (Å²) in [6, 6.07) is 5.08. The van der Waals surface area contributed by atoms with Crippen molar-refractivity contribution in [3.63, 3.8) is 0 Å². The number of ether oxygens (including phenoxy) is 1. The van der Waals surface area contributed by atoms with Gasteiger partial charge >= 0.3 is 6.18 Å². The summed E-state index contributed by atoms with van der Waals surface area (Å²) in [5, 5.41) is 0.0976. The molecule has 0 aliphatic rings. The van der Waals surface area contributed by atoms with Crippen molar-refractivity contribution in [3.8, 4) is 11.6 Å². The Labute approximate surface area is 132 Å². The van der Waals surface area contributed by atoms with Gasteiger partial charge in [0, 0.05) is 17.2 Å². The van der Waals surface area contributed by atoms with Crippen molar-refractivity contribution in [2.75, 3.05) is 0 Å². The normalized spacial score (nSPS) is 11.5. The standard InChI is InChI=1S/C13H9BrClF3N2O/c14-8-4-10(15)12(20-6-8)21-11-2-1-7(5-19)3-9(11)13(16,17)18/h1-4,6H,5,19H2. The van der Waals surface area contributed by atoms with E-state index in [0.29, 0.717) is 10.0 Å². The number of halogens is 5. The molecule has 1 aromatic carbocycles. The molecular weight excluding hydrogens is 373 g/mol. The average molecular weight is 382 g/mol. The van der Waals surface area contributed by atoms with Gasteiger partial charge in [-0.25, -0.2) is 4.98 Å². The third-order valence-corrected chi connectivity index (χ3v) is 3.27. The molecule has 0 amide bonds. The fraction of sp³-hybridized carbons (Fsp3) is 0.154. The maximum absolute atomic E-state index is 13.1. The molecule has 2 N–H and O–H groups in total. The molecule has 2 rings (SSSR count). The molecule has 0 fully saturated rings. The predicted octanol–water partition coefficient (Wildman–Crippen LogP) is 4.77. The van der Waals surface area contributed by atoms with E-state index in [0.717, 1.165) is 6.07 Å². The minimum absolute atomic E-state index is 0.000645. The van der Waals surface area contributed by atoms with Crippen molar-refractivity contribution >= 4 is 27.5 Å². The Hall–Kier alpha value is -1.31. The van der Waals surface area contributed by atoms with Crippen molar-refractivity contribution in [3.05, 3.63) is 51.1 Å². The van der Waals surface area contributed by atoms with Gasteiger partial charge in [0.1, 0.15) is 10.8 Å². The summed E-state index contributed by atoms with van der Waals surface area (Å²) in [6.07, 6.45) is -3.19. The van der Waals surface area contributed by atoms with Gasteiger partial charge in [0.2, 0.25) is 5.88 Å². The van der Waals surface area contributed by atoms with E-state index >= 15 is 0 Å². The molecule has 1 aromatic heterocycles. The van der Waals surface area contributed by atoms with Crippen molar-refractivity contribution in [1.82, 2.24) is 4.98 Å². The van der Waals surface area contributed by atoms with Gasteiger partial charge in [-0.2, -0.15) is 13.2 Å². The lowest BCUT2D eigenvalue weighted by Gasteiger charge is -2.15. The molecule has 0 aliphatic carbocycles. The highest BCUT2D eigenvalue weighted by molar-refractivity contribution is 9.10. The van der Waals surface area contributed by atoms with Crippen LogP contribution in [0.3, 0.4) is 0 Å². The fourth-order valence-electron chi connectivity index (χ4n) is 1.60. The van der Waals surface area contributed by atoms with Gasteiger partial charge in [-0.3, -0.25) is 0 Å².